The number of carbonyl (C=O) groups excluding carboxylic acids is 1. The van der Waals surface area contributed by atoms with Gasteiger partial charge in [0.25, 0.3) is 0 Å². The Bertz CT molecular complexity index is 353. The zero-order valence-corrected chi connectivity index (χ0v) is 10.7. The fourth-order valence-corrected chi connectivity index (χ4v) is 2.00. The van der Waals surface area contributed by atoms with Crippen molar-refractivity contribution >= 4 is 5.97 Å². The minimum Gasteiger partial charge on any atom is -0.469 e. The molecule has 0 heterocycles. The van der Waals surface area contributed by atoms with E-state index in [-0.39, 0.29) is 18.6 Å². The van der Waals surface area contributed by atoms with E-state index in [1.807, 2.05) is 30.3 Å². The number of aliphatic hydroxyl groups excluding tert-OH is 1. The van der Waals surface area contributed by atoms with Crippen LogP contribution in [0.3, 0.4) is 0 Å². The first-order chi connectivity index (χ1) is 8.70. The number of ether oxygens (including phenoxy) is 1. The van der Waals surface area contributed by atoms with Gasteiger partial charge in [-0.1, -0.05) is 30.3 Å². The van der Waals surface area contributed by atoms with E-state index in [1.54, 1.807) is 0 Å². The number of aliphatic hydroxyl groups is 1. The van der Waals surface area contributed by atoms with Crippen LogP contribution in [-0.4, -0.2) is 30.8 Å². The second-order valence-corrected chi connectivity index (χ2v) is 4.29. The number of hydrogen-bond acceptors (Lipinski definition) is 4. The lowest BCUT2D eigenvalue weighted by Gasteiger charge is -2.22. The van der Waals surface area contributed by atoms with E-state index in [9.17, 15) is 4.79 Å². The predicted molar refractivity (Wildman–Crippen MR) is 70.1 cm³/mol. The Morgan fingerprint density at radius 3 is 2.56 bits per heavy atom. The highest BCUT2D eigenvalue weighted by atomic mass is 16.5. The fourth-order valence-electron chi connectivity index (χ4n) is 2.00. The van der Waals surface area contributed by atoms with E-state index in [0.29, 0.717) is 12.8 Å². The van der Waals surface area contributed by atoms with Crippen molar-refractivity contribution in [3.8, 4) is 0 Å². The van der Waals surface area contributed by atoms with Gasteiger partial charge in [-0.15, -0.1) is 0 Å². The first kappa shape index (κ1) is 14.7. The first-order valence-electron chi connectivity index (χ1n) is 6.20. The molecule has 0 spiro atoms. The molecule has 0 aromatic heterocycles. The molecule has 2 unspecified atom stereocenters. The molecule has 4 heteroatoms. The van der Waals surface area contributed by atoms with Crippen LogP contribution in [0.2, 0.25) is 0 Å². The zero-order valence-electron chi connectivity index (χ0n) is 10.7. The number of esters is 1. The van der Waals surface area contributed by atoms with Crippen LogP contribution in [0, 0.1) is 0 Å². The van der Waals surface area contributed by atoms with E-state index >= 15 is 0 Å². The second-order valence-electron chi connectivity index (χ2n) is 4.29. The predicted octanol–water partition coefficient (Wildman–Crippen LogP) is 1.43. The summed E-state index contributed by atoms with van der Waals surface area (Å²) in [5, 5.41) is 8.76. The molecular formula is C14H21NO3. The normalized spacial score (nSPS) is 13.9. The van der Waals surface area contributed by atoms with Crippen molar-refractivity contribution in [1.82, 2.24) is 0 Å². The summed E-state index contributed by atoms with van der Waals surface area (Å²) in [6, 6.07) is 9.14. The van der Waals surface area contributed by atoms with Crippen molar-refractivity contribution in [2.75, 3.05) is 13.7 Å². The quantitative estimate of drug-likeness (QED) is 0.568. The summed E-state index contributed by atoms with van der Waals surface area (Å²) in [7, 11) is 1.37. The molecule has 2 atom stereocenters. The number of hydrogen-bond donors (Lipinski definition) is 2. The molecule has 0 amide bonds. The van der Waals surface area contributed by atoms with E-state index in [1.165, 1.54) is 7.11 Å². The summed E-state index contributed by atoms with van der Waals surface area (Å²) < 4.78 is 4.83. The number of carbonyl (C=O) groups is 1. The fraction of sp³-hybridized carbons (Fsp3) is 0.500. The molecule has 0 saturated carbocycles. The van der Waals surface area contributed by atoms with Gasteiger partial charge in [0.1, 0.15) is 0 Å². The maximum Gasteiger partial charge on any atom is 0.314 e. The average Bonchev–Trinajstić information content (AvgIpc) is 2.40. The Morgan fingerprint density at radius 2 is 2.00 bits per heavy atom. The molecule has 1 aromatic carbocycles. The summed E-state index contributed by atoms with van der Waals surface area (Å²) in [6.45, 7) is 0.154. The van der Waals surface area contributed by atoms with Gasteiger partial charge in [0.05, 0.1) is 13.0 Å². The third-order valence-electron chi connectivity index (χ3n) is 2.99. The van der Waals surface area contributed by atoms with Crippen molar-refractivity contribution < 1.29 is 14.6 Å². The minimum absolute atomic E-state index is 0.154. The maximum atomic E-state index is 11.8. The van der Waals surface area contributed by atoms with Crippen molar-refractivity contribution in [3.63, 3.8) is 0 Å². The lowest BCUT2D eigenvalue weighted by molar-refractivity contribution is -0.143. The summed E-state index contributed by atoms with van der Waals surface area (Å²) in [5.41, 5.74) is 6.96. The van der Waals surface area contributed by atoms with Crippen molar-refractivity contribution in [3.05, 3.63) is 35.9 Å². The smallest absolute Gasteiger partial charge is 0.314 e. The van der Waals surface area contributed by atoms with E-state index in [2.05, 4.69) is 0 Å². The molecule has 100 valence electrons. The molecule has 0 aliphatic rings. The summed E-state index contributed by atoms with van der Waals surface area (Å²) in [4.78, 5) is 11.8. The van der Waals surface area contributed by atoms with Gasteiger partial charge in [0.2, 0.25) is 0 Å². The Kier molecular flexibility index (Phi) is 6.39. The standard InChI is InChI=1S/C14H21NO3/c1-18-14(17)13(11-7-3-2-4-8-11)12(15)9-5-6-10-16/h2-4,7-8,12-13,16H,5-6,9-10,15H2,1H3. The SMILES string of the molecule is COC(=O)C(c1ccccc1)C(N)CCCCO. The molecule has 0 saturated heterocycles. The van der Waals surface area contributed by atoms with E-state index < -0.39 is 5.92 Å². The molecule has 4 nitrogen and oxygen atoms in total. The van der Waals surface area contributed by atoms with Crippen LogP contribution in [0.25, 0.3) is 0 Å². The average molecular weight is 251 g/mol. The monoisotopic (exact) mass is 251 g/mol. The third-order valence-corrected chi connectivity index (χ3v) is 2.99. The van der Waals surface area contributed by atoms with Crippen LogP contribution in [0.5, 0.6) is 0 Å². The highest BCUT2D eigenvalue weighted by molar-refractivity contribution is 5.79. The summed E-state index contributed by atoms with van der Waals surface area (Å²) >= 11 is 0. The van der Waals surface area contributed by atoms with Gasteiger partial charge >= 0.3 is 5.97 Å². The van der Waals surface area contributed by atoms with E-state index in [4.69, 9.17) is 15.6 Å². The Balaban J connectivity index is 2.76. The lowest BCUT2D eigenvalue weighted by atomic mass is 9.89. The highest BCUT2D eigenvalue weighted by Crippen LogP contribution is 2.23. The largest absolute Gasteiger partial charge is 0.469 e. The second kappa shape index (κ2) is 7.84. The number of rotatable bonds is 7. The molecule has 1 aromatic rings. The Labute approximate surface area is 108 Å². The molecule has 3 N–H and O–H groups in total. The van der Waals surface area contributed by atoms with Crippen molar-refractivity contribution in [2.24, 2.45) is 5.73 Å². The van der Waals surface area contributed by atoms with Gasteiger partial charge in [0.15, 0.2) is 0 Å². The van der Waals surface area contributed by atoms with Crippen LogP contribution < -0.4 is 5.73 Å². The first-order valence-corrected chi connectivity index (χ1v) is 6.20. The lowest BCUT2D eigenvalue weighted by Crippen LogP contribution is -2.34. The topological polar surface area (TPSA) is 72.5 Å². The van der Waals surface area contributed by atoms with Crippen molar-refractivity contribution in [2.45, 2.75) is 31.2 Å². The van der Waals surface area contributed by atoms with Gasteiger partial charge in [0, 0.05) is 12.6 Å². The van der Waals surface area contributed by atoms with Crippen LogP contribution in [0.1, 0.15) is 30.7 Å². The number of methoxy groups -OCH3 is 1. The van der Waals surface area contributed by atoms with Gasteiger partial charge in [-0.05, 0) is 24.8 Å². The Hall–Kier alpha value is -1.39. The summed E-state index contributed by atoms with van der Waals surface area (Å²) in [6.07, 6.45) is 2.20. The number of unbranched alkanes of at least 4 members (excludes halogenated alkanes) is 1. The molecule has 1 rings (SSSR count). The maximum absolute atomic E-state index is 11.8. The van der Waals surface area contributed by atoms with Crippen LogP contribution in [0.15, 0.2) is 30.3 Å². The molecular weight excluding hydrogens is 230 g/mol. The molecule has 0 aliphatic carbocycles. The van der Waals surface area contributed by atoms with Crippen LogP contribution in [0.4, 0.5) is 0 Å². The van der Waals surface area contributed by atoms with Crippen molar-refractivity contribution in [1.29, 1.82) is 0 Å². The third kappa shape index (κ3) is 4.13. The van der Waals surface area contributed by atoms with Gasteiger partial charge < -0.3 is 15.6 Å². The molecule has 0 bridgehead atoms. The van der Waals surface area contributed by atoms with Gasteiger partial charge in [-0.2, -0.15) is 0 Å². The molecule has 0 aliphatic heterocycles. The molecule has 18 heavy (non-hydrogen) atoms. The van der Waals surface area contributed by atoms with Gasteiger partial charge in [-0.3, -0.25) is 4.79 Å². The minimum atomic E-state index is -0.435. The molecule has 0 radical (unpaired) electrons. The van der Waals surface area contributed by atoms with Crippen LogP contribution >= 0.6 is 0 Å². The summed E-state index contributed by atoms with van der Waals surface area (Å²) in [5.74, 6) is -0.743. The van der Waals surface area contributed by atoms with E-state index in [0.717, 1.165) is 12.0 Å². The highest BCUT2D eigenvalue weighted by Gasteiger charge is 2.27. The Morgan fingerprint density at radius 1 is 1.33 bits per heavy atom. The van der Waals surface area contributed by atoms with Gasteiger partial charge in [-0.25, -0.2) is 0 Å². The van der Waals surface area contributed by atoms with Crippen LogP contribution in [-0.2, 0) is 9.53 Å². The molecule has 0 fully saturated rings. The zero-order chi connectivity index (χ0) is 13.4. The number of nitrogens with two attached hydrogens (primary N) is 1. The number of benzene rings is 1.